The van der Waals surface area contributed by atoms with Crippen molar-refractivity contribution in [3.8, 4) is 0 Å². The van der Waals surface area contributed by atoms with Crippen molar-refractivity contribution in [2.75, 3.05) is 0 Å². The first kappa shape index (κ1) is 11.4. The zero-order chi connectivity index (χ0) is 10.7. The first-order valence-electron chi connectivity index (χ1n) is 3.68. The second-order valence-electron chi connectivity index (χ2n) is 2.55. The minimum absolute atomic E-state index is 0.227. The lowest BCUT2D eigenvalue weighted by Gasteiger charge is -2.07. The second kappa shape index (κ2) is 4.73. The maximum Gasteiger partial charge on any atom is 0.312 e. The summed E-state index contributed by atoms with van der Waals surface area (Å²) >= 11 is 17.4. The zero-order valence-corrected chi connectivity index (χ0v) is 9.25. The lowest BCUT2D eigenvalue weighted by Crippen LogP contribution is -2.28. The minimum atomic E-state index is -0.618. The van der Waals surface area contributed by atoms with Crippen LogP contribution < -0.4 is 11.1 Å². The number of nitrogens with one attached hydrogen (secondary N) is 1. The van der Waals surface area contributed by atoms with Gasteiger partial charge >= 0.3 is 6.03 Å². The van der Waals surface area contributed by atoms with Gasteiger partial charge in [-0.15, -0.1) is 0 Å². The molecule has 0 bridgehead atoms. The fourth-order valence-electron chi connectivity index (χ4n) is 0.885. The summed E-state index contributed by atoms with van der Waals surface area (Å²) < 4.78 is 0. The molecule has 0 spiro atoms. The van der Waals surface area contributed by atoms with E-state index in [0.29, 0.717) is 15.6 Å². The van der Waals surface area contributed by atoms with Crippen molar-refractivity contribution in [1.29, 1.82) is 0 Å². The highest BCUT2D eigenvalue weighted by Crippen LogP contribution is 2.32. The van der Waals surface area contributed by atoms with Crippen LogP contribution in [0.25, 0.3) is 0 Å². The van der Waals surface area contributed by atoms with Crippen LogP contribution in [0, 0.1) is 0 Å². The van der Waals surface area contributed by atoms with Crippen LogP contribution in [0.15, 0.2) is 12.1 Å². The first-order valence-corrected chi connectivity index (χ1v) is 4.81. The van der Waals surface area contributed by atoms with Crippen molar-refractivity contribution in [2.24, 2.45) is 5.73 Å². The number of hydrogen-bond acceptors (Lipinski definition) is 1. The van der Waals surface area contributed by atoms with E-state index in [4.69, 9.17) is 40.5 Å². The summed E-state index contributed by atoms with van der Waals surface area (Å²) in [5, 5.41) is 3.38. The molecule has 1 aromatic carbocycles. The summed E-state index contributed by atoms with van der Waals surface area (Å²) in [5.74, 6) is 0. The molecular formula is C8H7Cl3N2O. The molecule has 2 amide bonds. The number of carbonyl (C=O) groups is 1. The highest BCUT2D eigenvalue weighted by atomic mass is 35.5. The Balaban J connectivity index is 2.88. The molecule has 0 heterocycles. The largest absolute Gasteiger partial charge is 0.352 e. The third-order valence-electron chi connectivity index (χ3n) is 1.57. The molecule has 0 saturated heterocycles. The summed E-state index contributed by atoms with van der Waals surface area (Å²) in [6, 6.07) is 2.66. The zero-order valence-electron chi connectivity index (χ0n) is 6.98. The highest BCUT2D eigenvalue weighted by molar-refractivity contribution is 6.48. The number of hydrogen-bond donors (Lipinski definition) is 2. The van der Waals surface area contributed by atoms with Gasteiger partial charge in [-0.2, -0.15) is 0 Å². The Morgan fingerprint density at radius 2 is 1.93 bits per heavy atom. The van der Waals surface area contributed by atoms with Crippen LogP contribution in [-0.4, -0.2) is 6.03 Å². The van der Waals surface area contributed by atoms with Gasteiger partial charge in [-0.25, -0.2) is 4.79 Å². The topological polar surface area (TPSA) is 55.1 Å². The lowest BCUT2D eigenvalue weighted by atomic mass is 10.2. The van der Waals surface area contributed by atoms with Crippen LogP contribution >= 0.6 is 34.8 Å². The molecule has 76 valence electrons. The molecule has 14 heavy (non-hydrogen) atoms. The second-order valence-corrected chi connectivity index (χ2v) is 3.72. The maximum absolute atomic E-state index is 10.4. The normalized spacial score (nSPS) is 9.93. The van der Waals surface area contributed by atoms with Crippen molar-refractivity contribution >= 4 is 40.8 Å². The molecule has 3 N–H and O–H groups in total. The van der Waals surface area contributed by atoms with Gasteiger partial charge in [0.25, 0.3) is 0 Å². The molecule has 0 aromatic heterocycles. The molecule has 0 aliphatic carbocycles. The van der Waals surface area contributed by atoms with Crippen molar-refractivity contribution in [3.05, 3.63) is 32.8 Å². The maximum atomic E-state index is 10.4. The average molecular weight is 254 g/mol. The first-order chi connectivity index (χ1) is 6.52. The van der Waals surface area contributed by atoms with Gasteiger partial charge in [0.15, 0.2) is 0 Å². The third kappa shape index (κ3) is 2.67. The molecule has 0 aliphatic heterocycles. The van der Waals surface area contributed by atoms with Crippen LogP contribution in [0.1, 0.15) is 5.56 Å². The van der Waals surface area contributed by atoms with E-state index in [2.05, 4.69) is 5.32 Å². The van der Waals surface area contributed by atoms with E-state index in [1.807, 2.05) is 0 Å². The summed E-state index contributed by atoms with van der Waals surface area (Å²) in [6.45, 7) is 0.227. The molecular weight excluding hydrogens is 246 g/mol. The van der Waals surface area contributed by atoms with E-state index in [0.717, 1.165) is 0 Å². The van der Waals surface area contributed by atoms with Gasteiger partial charge in [-0.05, 0) is 11.6 Å². The number of rotatable bonds is 2. The summed E-state index contributed by atoms with van der Waals surface area (Å²) in [4.78, 5) is 10.4. The molecule has 0 unspecified atom stereocenters. The Hall–Kier alpha value is -0.640. The number of nitrogens with two attached hydrogens (primary N) is 1. The molecule has 1 rings (SSSR count). The monoisotopic (exact) mass is 252 g/mol. The number of urea groups is 1. The smallest absolute Gasteiger partial charge is 0.312 e. The molecule has 0 aliphatic rings. The average Bonchev–Trinajstić information content (AvgIpc) is 2.13. The molecule has 0 radical (unpaired) electrons. The molecule has 0 atom stereocenters. The van der Waals surface area contributed by atoms with Crippen molar-refractivity contribution in [2.45, 2.75) is 6.54 Å². The summed E-state index contributed by atoms with van der Waals surface area (Å²) in [6.07, 6.45) is 0. The fourth-order valence-corrected chi connectivity index (χ4v) is 1.51. The fraction of sp³-hybridized carbons (Fsp3) is 0.125. The van der Waals surface area contributed by atoms with E-state index < -0.39 is 6.03 Å². The third-order valence-corrected chi connectivity index (χ3v) is 2.90. The van der Waals surface area contributed by atoms with Crippen LogP contribution in [0.2, 0.25) is 15.1 Å². The quantitative estimate of drug-likeness (QED) is 0.782. The van der Waals surface area contributed by atoms with Crippen LogP contribution in [-0.2, 0) is 6.54 Å². The van der Waals surface area contributed by atoms with Gasteiger partial charge in [0.2, 0.25) is 0 Å². The van der Waals surface area contributed by atoms with Gasteiger partial charge in [-0.1, -0.05) is 40.9 Å². The van der Waals surface area contributed by atoms with Gasteiger partial charge in [0.1, 0.15) is 0 Å². The van der Waals surface area contributed by atoms with E-state index >= 15 is 0 Å². The summed E-state index contributed by atoms with van der Waals surface area (Å²) in [7, 11) is 0. The number of primary amides is 1. The number of carbonyl (C=O) groups excluding carboxylic acids is 1. The van der Waals surface area contributed by atoms with Gasteiger partial charge in [-0.3, -0.25) is 0 Å². The van der Waals surface area contributed by atoms with Crippen molar-refractivity contribution in [1.82, 2.24) is 5.32 Å². The van der Waals surface area contributed by atoms with Crippen molar-refractivity contribution < 1.29 is 4.79 Å². The SMILES string of the molecule is NC(=O)NCc1ccc(Cl)c(Cl)c1Cl. The Morgan fingerprint density at radius 3 is 2.50 bits per heavy atom. The van der Waals surface area contributed by atoms with E-state index in [1.165, 1.54) is 0 Å². The molecule has 6 heteroatoms. The van der Waals surface area contributed by atoms with E-state index in [1.54, 1.807) is 12.1 Å². The van der Waals surface area contributed by atoms with Gasteiger partial charge in [0, 0.05) is 6.54 Å². The van der Waals surface area contributed by atoms with E-state index in [9.17, 15) is 4.79 Å². The number of halogens is 3. The Labute approximate surface area is 96.1 Å². The number of benzene rings is 1. The van der Waals surface area contributed by atoms with Crippen LogP contribution in [0.5, 0.6) is 0 Å². The highest BCUT2D eigenvalue weighted by Gasteiger charge is 2.08. The Morgan fingerprint density at radius 1 is 1.29 bits per heavy atom. The standard InChI is InChI=1S/C8H7Cl3N2O/c9-5-2-1-4(3-13-8(12)14)6(10)7(5)11/h1-2H,3H2,(H3,12,13,14). The van der Waals surface area contributed by atoms with Crippen LogP contribution in [0.4, 0.5) is 4.79 Å². The molecule has 1 aromatic rings. The summed E-state index contributed by atoms with van der Waals surface area (Å²) in [5.41, 5.74) is 5.57. The van der Waals surface area contributed by atoms with Gasteiger partial charge in [0.05, 0.1) is 15.1 Å². The van der Waals surface area contributed by atoms with Crippen LogP contribution in [0.3, 0.4) is 0 Å². The Kier molecular flexibility index (Phi) is 3.86. The molecule has 0 fully saturated rings. The Bertz CT molecular complexity index is 368. The van der Waals surface area contributed by atoms with Crippen molar-refractivity contribution in [3.63, 3.8) is 0 Å². The predicted molar refractivity (Wildman–Crippen MR) is 57.9 cm³/mol. The lowest BCUT2D eigenvalue weighted by molar-refractivity contribution is 0.248. The number of amides is 2. The van der Waals surface area contributed by atoms with E-state index in [-0.39, 0.29) is 11.6 Å². The minimum Gasteiger partial charge on any atom is -0.352 e. The molecule has 3 nitrogen and oxygen atoms in total. The molecule has 0 saturated carbocycles. The van der Waals surface area contributed by atoms with Gasteiger partial charge < -0.3 is 11.1 Å². The predicted octanol–water partition coefficient (Wildman–Crippen LogP) is 2.82.